The predicted molar refractivity (Wildman–Crippen MR) is 101 cm³/mol. The smallest absolute Gasteiger partial charge is 0.234 e. The maximum absolute atomic E-state index is 11.8. The van der Waals surface area contributed by atoms with E-state index in [1.54, 1.807) is 6.07 Å². The maximum atomic E-state index is 11.8. The zero-order chi connectivity index (χ0) is 17.6. The van der Waals surface area contributed by atoms with Crippen LogP contribution in [0.2, 0.25) is 0 Å². The summed E-state index contributed by atoms with van der Waals surface area (Å²) in [4.78, 5) is 16.4. The van der Waals surface area contributed by atoms with Gasteiger partial charge in [0, 0.05) is 44.8 Å². The summed E-state index contributed by atoms with van der Waals surface area (Å²) in [6, 6.07) is 11.9. The summed E-state index contributed by atoms with van der Waals surface area (Å²) in [5.41, 5.74) is 0.993. The van der Waals surface area contributed by atoms with Gasteiger partial charge in [-0.3, -0.25) is 14.6 Å². The van der Waals surface area contributed by atoms with E-state index in [0.29, 0.717) is 12.3 Å². The Kier molecular flexibility index (Phi) is 5.89. The number of aromatic hydroxyl groups is 1. The zero-order valence-corrected chi connectivity index (χ0v) is 14.9. The molecule has 1 heterocycles. The van der Waals surface area contributed by atoms with Gasteiger partial charge in [-0.15, -0.1) is 0 Å². The topological polar surface area (TPSA) is 55.8 Å². The van der Waals surface area contributed by atoms with Crippen molar-refractivity contribution in [2.45, 2.75) is 19.9 Å². The van der Waals surface area contributed by atoms with E-state index in [4.69, 9.17) is 0 Å². The van der Waals surface area contributed by atoms with Crippen molar-refractivity contribution in [1.29, 1.82) is 0 Å². The van der Waals surface area contributed by atoms with Crippen LogP contribution >= 0.6 is 0 Å². The number of piperazine rings is 1. The number of phenols is 1. The Balaban J connectivity index is 1.58. The molecule has 0 spiro atoms. The summed E-state index contributed by atoms with van der Waals surface area (Å²) in [6.07, 6.45) is 0.966. The fraction of sp³-hybridized carbons (Fsp3) is 0.450. The zero-order valence-electron chi connectivity index (χ0n) is 14.9. The number of rotatable bonds is 6. The predicted octanol–water partition coefficient (Wildman–Crippen LogP) is 2.19. The number of phenolic OH excluding ortho intramolecular Hbond substituents is 1. The molecule has 2 aromatic rings. The van der Waals surface area contributed by atoms with Crippen LogP contribution in [0.4, 0.5) is 0 Å². The molecule has 1 fully saturated rings. The number of benzene rings is 2. The minimum Gasteiger partial charge on any atom is -0.508 e. The van der Waals surface area contributed by atoms with Crippen molar-refractivity contribution in [3.05, 3.63) is 42.0 Å². The molecule has 1 aliphatic heterocycles. The molecule has 1 saturated heterocycles. The lowest BCUT2D eigenvalue weighted by Crippen LogP contribution is -2.49. The molecule has 0 aliphatic carbocycles. The van der Waals surface area contributed by atoms with Gasteiger partial charge >= 0.3 is 0 Å². The summed E-state index contributed by atoms with van der Waals surface area (Å²) in [5, 5.41) is 15.5. The molecule has 25 heavy (non-hydrogen) atoms. The molecule has 1 amide bonds. The molecule has 3 rings (SSSR count). The summed E-state index contributed by atoms with van der Waals surface area (Å²) in [5.74, 6) is 0.474. The Labute approximate surface area is 149 Å². The highest BCUT2D eigenvalue weighted by Crippen LogP contribution is 2.28. The van der Waals surface area contributed by atoms with Crippen molar-refractivity contribution in [2.24, 2.45) is 0 Å². The Morgan fingerprint density at radius 2 is 1.80 bits per heavy atom. The Bertz CT molecular complexity index is 724. The third-order valence-electron chi connectivity index (χ3n) is 4.80. The number of carbonyl (C=O) groups is 1. The summed E-state index contributed by atoms with van der Waals surface area (Å²) < 4.78 is 0. The highest BCUT2D eigenvalue weighted by atomic mass is 16.3. The van der Waals surface area contributed by atoms with Crippen molar-refractivity contribution in [3.8, 4) is 5.75 Å². The first kappa shape index (κ1) is 17.7. The normalized spacial score (nSPS) is 16.2. The number of amides is 1. The first-order valence-electron chi connectivity index (χ1n) is 9.08. The quantitative estimate of drug-likeness (QED) is 0.846. The van der Waals surface area contributed by atoms with Crippen LogP contribution in [0.3, 0.4) is 0 Å². The fourth-order valence-electron chi connectivity index (χ4n) is 3.34. The lowest BCUT2D eigenvalue weighted by Gasteiger charge is -2.34. The maximum Gasteiger partial charge on any atom is 0.234 e. The van der Waals surface area contributed by atoms with Crippen molar-refractivity contribution in [1.82, 2.24) is 15.1 Å². The molecule has 2 N–H and O–H groups in total. The lowest BCUT2D eigenvalue weighted by molar-refractivity contribution is -0.122. The molecular formula is C20H27N3O2. The Morgan fingerprint density at radius 1 is 1.08 bits per heavy atom. The minimum atomic E-state index is 0.113. The van der Waals surface area contributed by atoms with Crippen molar-refractivity contribution >= 4 is 16.7 Å². The average molecular weight is 341 g/mol. The van der Waals surface area contributed by atoms with Crippen LogP contribution in [-0.2, 0) is 11.3 Å². The number of hydrogen-bond donors (Lipinski definition) is 2. The molecule has 134 valence electrons. The van der Waals surface area contributed by atoms with Crippen LogP contribution in [0, 0.1) is 0 Å². The highest BCUT2D eigenvalue weighted by molar-refractivity contribution is 5.87. The van der Waals surface area contributed by atoms with Crippen LogP contribution in [0.1, 0.15) is 18.9 Å². The van der Waals surface area contributed by atoms with E-state index in [1.165, 1.54) is 0 Å². The van der Waals surface area contributed by atoms with E-state index < -0.39 is 0 Å². The molecule has 2 aromatic carbocycles. The second-order valence-electron chi connectivity index (χ2n) is 6.69. The van der Waals surface area contributed by atoms with E-state index in [-0.39, 0.29) is 5.91 Å². The largest absolute Gasteiger partial charge is 0.508 e. The van der Waals surface area contributed by atoms with E-state index in [0.717, 1.165) is 62.0 Å². The van der Waals surface area contributed by atoms with Gasteiger partial charge in [0.25, 0.3) is 0 Å². The summed E-state index contributed by atoms with van der Waals surface area (Å²) in [7, 11) is 0. The molecule has 0 unspecified atom stereocenters. The van der Waals surface area contributed by atoms with Crippen molar-refractivity contribution in [3.63, 3.8) is 0 Å². The van der Waals surface area contributed by atoms with E-state index >= 15 is 0 Å². The van der Waals surface area contributed by atoms with Gasteiger partial charge in [-0.2, -0.15) is 0 Å². The van der Waals surface area contributed by atoms with Gasteiger partial charge in [-0.1, -0.05) is 37.3 Å². The number of hydrogen-bond acceptors (Lipinski definition) is 4. The number of fused-ring (bicyclic) bond motifs is 1. The average Bonchev–Trinajstić information content (AvgIpc) is 2.64. The van der Waals surface area contributed by atoms with Gasteiger partial charge in [0.1, 0.15) is 5.75 Å². The standard InChI is InChI=1S/C20H27N3O2/c1-2-9-21-20(25)15-23-12-10-22(11-13-23)14-18-17-6-4-3-5-16(17)7-8-19(18)24/h3-8,24H,2,9-15H2,1H3,(H,21,25). The Hall–Kier alpha value is -2.11. The lowest BCUT2D eigenvalue weighted by atomic mass is 10.0. The second-order valence-corrected chi connectivity index (χ2v) is 6.69. The van der Waals surface area contributed by atoms with Gasteiger partial charge in [0.05, 0.1) is 6.54 Å². The molecule has 5 nitrogen and oxygen atoms in total. The number of nitrogens with one attached hydrogen (secondary N) is 1. The molecule has 0 atom stereocenters. The molecule has 0 bridgehead atoms. The second kappa shape index (κ2) is 8.32. The molecule has 0 saturated carbocycles. The van der Waals surface area contributed by atoms with Crippen LogP contribution < -0.4 is 5.32 Å². The van der Waals surface area contributed by atoms with Crippen molar-refractivity contribution in [2.75, 3.05) is 39.3 Å². The highest BCUT2D eigenvalue weighted by Gasteiger charge is 2.20. The third-order valence-corrected chi connectivity index (χ3v) is 4.80. The van der Waals surface area contributed by atoms with E-state index in [1.807, 2.05) is 18.2 Å². The van der Waals surface area contributed by atoms with Crippen LogP contribution in [0.25, 0.3) is 10.8 Å². The van der Waals surface area contributed by atoms with Gasteiger partial charge in [0.2, 0.25) is 5.91 Å². The molecule has 1 aliphatic rings. The minimum absolute atomic E-state index is 0.113. The van der Waals surface area contributed by atoms with Crippen LogP contribution in [0.5, 0.6) is 5.75 Å². The molecule has 0 radical (unpaired) electrons. The monoisotopic (exact) mass is 341 g/mol. The van der Waals surface area contributed by atoms with Crippen LogP contribution in [0.15, 0.2) is 36.4 Å². The van der Waals surface area contributed by atoms with Gasteiger partial charge in [-0.05, 0) is 23.3 Å². The molecule has 5 heteroatoms. The molecular weight excluding hydrogens is 314 g/mol. The van der Waals surface area contributed by atoms with E-state index in [2.05, 4.69) is 34.2 Å². The van der Waals surface area contributed by atoms with Crippen LogP contribution in [-0.4, -0.2) is 60.1 Å². The van der Waals surface area contributed by atoms with E-state index in [9.17, 15) is 9.90 Å². The fourth-order valence-corrected chi connectivity index (χ4v) is 3.34. The van der Waals surface area contributed by atoms with Gasteiger partial charge in [0.15, 0.2) is 0 Å². The van der Waals surface area contributed by atoms with Gasteiger partial charge in [-0.25, -0.2) is 0 Å². The summed E-state index contributed by atoms with van der Waals surface area (Å²) >= 11 is 0. The summed E-state index contributed by atoms with van der Waals surface area (Å²) in [6.45, 7) is 7.60. The molecule has 0 aromatic heterocycles. The first-order chi connectivity index (χ1) is 12.2. The number of nitrogens with zero attached hydrogens (tertiary/aromatic N) is 2. The number of carbonyl (C=O) groups excluding carboxylic acids is 1. The first-order valence-corrected chi connectivity index (χ1v) is 9.08. The van der Waals surface area contributed by atoms with Gasteiger partial charge < -0.3 is 10.4 Å². The van der Waals surface area contributed by atoms with Crippen molar-refractivity contribution < 1.29 is 9.90 Å². The Morgan fingerprint density at radius 3 is 2.56 bits per heavy atom. The third kappa shape index (κ3) is 4.50. The SMILES string of the molecule is CCCNC(=O)CN1CCN(Cc2c(O)ccc3ccccc23)CC1.